The summed E-state index contributed by atoms with van der Waals surface area (Å²) in [7, 11) is 2.01. The number of hydrogen-bond acceptors (Lipinski definition) is 3. The van der Waals surface area contributed by atoms with Crippen molar-refractivity contribution in [3.63, 3.8) is 0 Å². The molecule has 3 nitrogen and oxygen atoms in total. The molecule has 2 unspecified atom stereocenters. The summed E-state index contributed by atoms with van der Waals surface area (Å²) in [6.07, 6.45) is 4.16. The highest BCUT2D eigenvalue weighted by Gasteiger charge is 2.26. The summed E-state index contributed by atoms with van der Waals surface area (Å²) < 4.78 is 10.9. The van der Waals surface area contributed by atoms with Gasteiger partial charge in [-0.3, -0.25) is 0 Å². The fourth-order valence-electron chi connectivity index (χ4n) is 2.39. The molecule has 84 valence electrons. The Morgan fingerprint density at radius 3 is 2.93 bits per heavy atom. The van der Waals surface area contributed by atoms with Gasteiger partial charge in [0.1, 0.15) is 5.76 Å². The summed E-state index contributed by atoms with van der Waals surface area (Å²) in [5.74, 6) is 1.58. The summed E-state index contributed by atoms with van der Waals surface area (Å²) in [5.41, 5.74) is 1.27. The highest BCUT2D eigenvalue weighted by Crippen LogP contribution is 2.30. The van der Waals surface area contributed by atoms with E-state index >= 15 is 0 Å². The summed E-state index contributed by atoms with van der Waals surface area (Å²) in [6.45, 7) is 3.79. The molecule has 1 aromatic heterocycles. The molecule has 1 N–H and O–H groups in total. The third kappa shape index (κ3) is 2.24. The second kappa shape index (κ2) is 4.81. The van der Waals surface area contributed by atoms with E-state index < -0.39 is 0 Å². The number of nitrogens with one attached hydrogen (secondary N) is 1. The predicted molar refractivity (Wildman–Crippen MR) is 58.8 cm³/mol. The Kier molecular flexibility index (Phi) is 3.44. The Labute approximate surface area is 90.8 Å². The Morgan fingerprint density at radius 2 is 2.40 bits per heavy atom. The molecule has 0 spiro atoms. The minimum absolute atomic E-state index is 0.365. The Hall–Kier alpha value is -0.800. The van der Waals surface area contributed by atoms with Crippen LogP contribution in [0.2, 0.25) is 0 Å². The topological polar surface area (TPSA) is 34.4 Å². The first-order valence-corrected chi connectivity index (χ1v) is 5.62. The molecular weight excluding hydrogens is 190 g/mol. The van der Waals surface area contributed by atoms with Gasteiger partial charge in [0.15, 0.2) is 0 Å². The fraction of sp³-hybridized carbons (Fsp3) is 0.667. The maximum atomic E-state index is 5.53. The van der Waals surface area contributed by atoms with Crippen molar-refractivity contribution in [2.75, 3.05) is 20.3 Å². The molecule has 2 rings (SSSR count). The zero-order valence-corrected chi connectivity index (χ0v) is 9.45. The smallest absolute Gasteiger partial charge is 0.105 e. The maximum Gasteiger partial charge on any atom is 0.105 e. The first-order chi connectivity index (χ1) is 7.33. The van der Waals surface area contributed by atoms with Crippen LogP contribution in [0.25, 0.3) is 0 Å². The molecule has 3 heteroatoms. The SMILES string of the molecule is CNC(c1ccoc1C)C1CCCOC1. The van der Waals surface area contributed by atoms with Gasteiger partial charge in [0, 0.05) is 24.1 Å². The van der Waals surface area contributed by atoms with E-state index in [9.17, 15) is 0 Å². The lowest BCUT2D eigenvalue weighted by molar-refractivity contribution is 0.0400. The van der Waals surface area contributed by atoms with Gasteiger partial charge in [0.05, 0.1) is 12.9 Å². The van der Waals surface area contributed by atoms with Gasteiger partial charge in [-0.15, -0.1) is 0 Å². The number of rotatable bonds is 3. The summed E-state index contributed by atoms with van der Waals surface area (Å²) in [4.78, 5) is 0. The van der Waals surface area contributed by atoms with Crippen molar-refractivity contribution in [2.45, 2.75) is 25.8 Å². The van der Waals surface area contributed by atoms with Crippen LogP contribution in [0.5, 0.6) is 0 Å². The van der Waals surface area contributed by atoms with Crippen molar-refractivity contribution in [1.29, 1.82) is 0 Å². The average Bonchev–Trinajstić information content (AvgIpc) is 2.68. The number of furan rings is 1. The van der Waals surface area contributed by atoms with Gasteiger partial charge in [0.25, 0.3) is 0 Å². The van der Waals surface area contributed by atoms with E-state index in [2.05, 4.69) is 11.4 Å². The van der Waals surface area contributed by atoms with Crippen LogP contribution in [0.15, 0.2) is 16.7 Å². The molecule has 1 aliphatic rings. The molecule has 0 amide bonds. The van der Waals surface area contributed by atoms with Crippen LogP contribution in [0.4, 0.5) is 0 Å². The monoisotopic (exact) mass is 209 g/mol. The van der Waals surface area contributed by atoms with E-state index in [4.69, 9.17) is 9.15 Å². The lowest BCUT2D eigenvalue weighted by Crippen LogP contribution is -2.31. The van der Waals surface area contributed by atoms with Crippen LogP contribution >= 0.6 is 0 Å². The van der Waals surface area contributed by atoms with Crippen LogP contribution in [0.1, 0.15) is 30.2 Å². The quantitative estimate of drug-likeness (QED) is 0.829. The lowest BCUT2D eigenvalue weighted by atomic mass is 9.89. The third-order valence-electron chi connectivity index (χ3n) is 3.21. The van der Waals surface area contributed by atoms with Gasteiger partial charge in [-0.2, -0.15) is 0 Å². The van der Waals surface area contributed by atoms with E-state index in [1.807, 2.05) is 14.0 Å². The van der Waals surface area contributed by atoms with Crippen molar-refractivity contribution < 1.29 is 9.15 Å². The van der Waals surface area contributed by atoms with Gasteiger partial charge in [-0.1, -0.05) is 0 Å². The summed E-state index contributed by atoms with van der Waals surface area (Å²) in [6, 6.07) is 2.43. The second-order valence-electron chi connectivity index (χ2n) is 4.18. The van der Waals surface area contributed by atoms with Gasteiger partial charge >= 0.3 is 0 Å². The van der Waals surface area contributed by atoms with E-state index in [0.29, 0.717) is 12.0 Å². The number of hydrogen-bond donors (Lipinski definition) is 1. The van der Waals surface area contributed by atoms with E-state index in [0.717, 1.165) is 19.0 Å². The molecule has 2 atom stereocenters. The molecule has 0 radical (unpaired) electrons. The molecule has 1 saturated heterocycles. The normalized spacial score (nSPS) is 24.0. The molecule has 0 bridgehead atoms. The molecule has 1 aromatic rings. The van der Waals surface area contributed by atoms with Gasteiger partial charge in [0.2, 0.25) is 0 Å². The fourth-order valence-corrected chi connectivity index (χ4v) is 2.39. The zero-order valence-electron chi connectivity index (χ0n) is 9.45. The zero-order chi connectivity index (χ0) is 10.7. The average molecular weight is 209 g/mol. The number of ether oxygens (including phenoxy) is 1. The van der Waals surface area contributed by atoms with E-state index in [1.54, 1.807) is 6.26 Å². The van der Waals surface area contributed by atoms with Crippen molar-refractivity contribution >= 4 is 0 Å². The minimum atomic E-state index is 0.365. The molecular formula is C12H19NO2. The van der Waals surface area contributed by atoms with Crippen molar-refractivity contribution in [3.05, 3.63) is 23.7 Å². The summed E-state index contributed by atoms with van der Waals surface area (Å²) in [5, 5.41) is 3.38. The molecule has 0 saturated carbocycles. The highest BCUT2D eigenvalue weighted by atomic mass is 16.5. The van der Waals surface area contributed by atoms with Crippen LogP contribution in [0, 0.1) is 12.8 Å². The Bertz CT molecular complexity index is 302. The number of aryl methyl sites for hydroxylation is 1. The molecule has 0 aromatic carbocycles. The lowest BCUT2D eigenvalue weighted by Gasteiger charge is -2.29. The highest BCUT2D eigenvalue weighted by molar-refractivity contribution is 5.21. The first kappa shape index (κ1) is 10.7. The minimum Gasteiger partial charge on any atom is -0.469 e. The molecule has 2 heterocycles. The molecule has 1 fully saturated rings. The largest absolute Gasteiger partial charge is 0.469 e. The van der Waals surface area contributed by atoms with Crippen molar-refractivity contribution in [2.24, 2.45) is 5.92 Å². The molecule has 15 heavy (non-hydrogen) atoms. The van der Waals surface area contributed by atoms with Gasteiger partial charge in [-0.05, 0) is 32.9 Å². The van der Waals surface area contributed by atoms with Crippen LogP contribution < -0.4 is 5.32 Å². The molecule has 0 aliphatic carbocycles. The molecule has 1 aliphatic heterocycles. The van der Waals surface area contributed by atoms with Crippen molar-refractivity contribution in [1.82, 2.24) is 5.32 Å². The standard InChI is InChI=1S/C12H19NO2/c1-9-11(5-7-15-9)12(13-2)10-4-3-6-14-8-10/h5,7,10,12-13H,3-4,6,8H2,1-2H3. The van der Waals surface area contributed by atoms with Crippen LogP contribution in [-0.4, -0.2) is 20.3 Å². The van der Waals surface area contributed by atoms with Crippen molar-refractivity contribution in [3.8, 4) is 0 Å². The Morgan fingerprint density at radius 1 is 1.53 bits per heavy atom. The van der Waals surface area contributed by atoms with Gasteiger partial charge < -0.3 is 14.5 Å². The summed E-state index contributed by atoms with van der Waals surface area (Å²) >= 11 is 0. The van der Waals surface area contributed by atoms with Gasteiger partial charge in [-0.25, -0.2) is 0 Å². The second-order valence-corrected chi connectivity index (χ2v) is 4.18. The van der Waals surface area contributed by atoms with E-state index in [1.165, 1.54) is 18.4 Å². The maximum absolute atomic E-state index is 5.53. The van der Waals surface area contributed by atoms with Crippen LogP contribution in [-0.2, 0) is 4.74 Å². The first-order valence-electron chi connectivity index (χ1n) is 5.62. The van der Waals surface area contributed by atoms with Crippen LogP contribution in [0.3, 0.4) is 0 Å². The Balaban J connectivity index is 2.12. The third-order valence-corrected chi connectivity index (χ3v) is 3.21. The predicted octanol–water partition coefficient (Wildman–Crippen LogP) is 2.28. The van der Waals surface area contributed by atoms with E-state index in [-0.39, 0.29) is 0 Å².